The van der Waals surface area contributed by atoms with Crippen molar-refractivity contribution in [1.29, 1.82) is 0 Å². The van der Waals surface area contributed by atoms with Gasteiger partial charge in [0, 0.05) is 14.7 Å². The van der Waals surface area contributed by atoms with Gasteiger partial charge in [-0.25, -0.2) is 10.2 Å². The van der Waals surface area contributed by atoms with Crippen molar-refractivity contribution in [2.24, 2.45) is 10.8 Å². The molecule has 0 unspecified atom stereocenters. The lowest BCUT2D eigenvalue weighted by molar-refractivity contribution is 0.249. The number of carbonyl (C=O) groups excluding carboxylic acids is 1. The van der Waals surface area contributed by atoms with E-state index in [1.165, 1.54) is 17.6 Å². The van der Waals surface area contributed by atoms with Crippen molar-refractivity contribution in [3.05, 3.63) is 20.8 Å². The second-order valence-corrected chi connectivity index (χ2v) is 3.76. The van der Waals surface area contributed by atoms with E-state index < -0.39 is 6.03 Å². The van der Waals surface area contributed by atoms with Crippen LogP contribution in [0.2, 0.25) is 0 Å². The van der Waals surface area contributed by atoms with Crippen LogP contribution in [0.25, 0.3) is 0 Å². The predicted octanol–water partition coefficient (Wildman–Crippen LogP) is 1.51. The average molecular weight is 248 g/mol. The van der Waals surface area contributed by atoms with Gasteiger partial charge in [-0.2, -0.15) is 5.10 Å². The van der Waals surface area contributed by atoms with E-state index in [1.807, 2.05) is 11.4 Å². The molecule has 2 amide bonds. The smallest absolute Gasteiger partial charge is 0.332 e. The Hall–Kier alpha value is -0.880. The van der Waals surface area contributed by atoms with Gasteiger partial charge in [0.15, 0.2) is 0 Å². The quantitative estimate of drug-likeness (QED) is 0.604. The fraction of sp³-hybridized carbons (Fsp3) is 0. The van der Waals surface area contributed by atoms with E-state index in [9.17, 15) is 4.79 Å². The number of hydrogen-bond donors (Lipinski definition) is 2. The molecule has 0 fully saturated rings. The summed E-state index contributed by atoms with van der Waals surface area (Å²) < 4.78 is 0.994. The first-order valence-electron chi connectivity index (χ1n) is 3.01. The van der Waals surface area contributed by atoms with Crippen LogP contribution in [0, 0.1) is 0 Å². The Bertz CT molecular complexity index is 309. The molecule has 12 heavy (non-hydrogen) atoms. The van der Waals surface area contributed by atoms with Gasteiger partial charge in [-0.05, 0) is 22.0 Å². The van der Waals surface area contributed by atoms with Gasteiger partial charge in [0.2, 0.25) is 0 Å². The zero-order valence-electron chi connectivity index (χ0n) is 5.95. The Kier molecular flexibility index (Phi) is 3.24. The number of halogens is 1. The summed E-state index contributed by atoms with van der Waals surface area (Å²) in [4.78, 5) is 11.1. The van der Waals surface area contributed by atoms with Crippen LogP contribution in [-0.4, -0.2) is 12.2 Å². The van der Waals surface area contributed by atoms with E-state index in [4.69, 9.17) is 5.73 Å². The van der Waals surface area contributed by atoms with Crippen molar-refractivity contribution in [3.63, 3.8) is 0 Å². The Morgan fingerprint density at radius 1 is 1.83 bits per heavy atom. The maximum absolute atomic E-state index is 10.2. The molecule has 64 valence electrons. The normalized spacial score (nSPS) is 10.4. The zero-order chi connectivity index (χ0) is 8.97. The number of nitrogens with zero attached hydrogens (tertiary/aromatic N) is 1. The first-order chi connectivity index (χ1) is 5.68. The lowest BCUT2D eigenvalue weighted by Gasteiger charge is -1.87. The Balaban J connectivity index is 2.52. The van der Waals surface area contributed by atoms with Gasteiger partial charge in [-0.3, -0.25) is 0 Å². The van der Waals surface area contributed by atoms with Crippen molar-refractivity contribution < 1.29 is 4.79 Å². The molecule has 6 heteroatoms. The summed E-state index contributed by atoms with van der Waals surface area (Å²) in [5.41, 5.74) is 6.90. The van der Waals surface area contributed by atoms with Crippen LogP contribution in [0.1, 0.15) is 4.88 Å². The van der Waals surface area contributed by atoms with Gasteiger partial charge in [0.1, 0.15) is 0 Å². The molecule has 0 radical (unpaired) electrons. The lowest BCUT2D eigenvalue weighted by Crippen LogP contribution is -2.24. The van der Waals surface area contributed by atoms with E-state index >= 15 is 0 Å². The van der Waals surface area contributed by atoms with Gasteiger partial charge in [-0.15, -0.1) is 11.3 Å². The number of hydrazone groups is 1. The van der Waals surface area contributed by atoms with Crippen LogP contribution in [0.4, 0.5) is 4.79 Å². The highest BCUT2D eigenvalue weighted by Crippen LogP contribution is 2.17. The number of hydrogen-bond acceptors (Lipinski definition) is 3. The number of rotatable bonds is 2. The monoisotopic (exact) mass is 247 g/mol. The third-order valence-electron chi connectivity index (χ3n) is 0.954. The maximum Gasteiger partial charge on any atom is 0.332 e. The van der Waals surface area contributed by atoms with E-state index in [1.54, 1.807) is 0 Å². The molecular formula is C6H6BrN3OS. The fourth-order valence-electron chi connectivity index (χ4n) is 0.555. The van der Waals surface area contributed by atoms with Crippen molar-refractivity contribution in [3.8, 4) is 0 Å². The number of urea groups is 1. The summed E-state index contributed by atoms with van der Waals surface area (Å²) in [5, 5.41) is 5.52. The molecule has 0 atom stereocenters. The minimum Gasteiger partial charge on any atom is -0.350 e. The van der Waals surface area contributed by atoms with Gasteiger partial charge in [0.25, 0.3) is 0 Å². The second kappa shape index (κ2) is 4.22. The van der Waals surface area contributed by atoms with Crippen LogP contribution in [-0.2, 0) is 0 Å². The lowest BCUT2D eigenvalue weighted by atomic mass is 10.5. The van der Waals surface area contributed by atoms with Crippen LogP contribution >= 0.6 is 27.3 Å². The zero-order valence-corrected chi connectivity index (χ0v) is 8.35. The third kappa shape index (κ3) is 3.02. The van der Waals surface area contributed by atoms with Crippen LogP contribution in [0.15, 0.2) is 21.0 Å². The largest absolute Gasteiger partial charge is 0.350 e. The molecule has 0 aliphatic carbocycles. The molecule has 0 aliphatic rings. The molecule has 0 aromatic carbocycles. The van der Waals surface area contributed by atoms with Gasteiger partial charge >= 0.3 is 6.03 Å². The van der Waals surface area contributed by atoms with Crippen molar-refractivity contribution in [2.45, 2.75) is 0 Å². The standard InChI is InChI=1S/C6H6BrN3OS/c7-4-1-5(12-3-4)2-9-10-6(8)11/h1-3H,(H3,8,10,11). The molecule has 1 rings (SSSR count). The number of thiophene rings is 1. The highest BCUT2D eigenvalue weighted by Gasteiger charge is 1.92. The van der Waals surface area contributed by atoms with Crippen molar-refractivity contribution in [2.75, 3.05) is 0 Å². The van der Waals surface area contributed by atoms with E-state index in [0.717, 1.165) is 9.35 Å². The maximum atomic E-state index is 10.2. The summed E-state index contributed by atoms with van der Waals surface area (Å²) in [6.07, 6.45) is 1.53. The fourth-order valence-corrected chi connectivity index (χ4v) is 1.86. The molecule has 3 N–H and O–H groups in total. The molecule has 0 bridgehead atoms. The first kappa shape index (κ1) is 9.21. The molecule has 1 aromatic rings. The average Bonchev–Trinajstić information content (AvgIpc) is 2.35. The van der Waals surface area contributed by atoms with E-state index in [0.29, 0.717) is 0 Å². The van der Waals surface area contributed by atoms with Gasteiger partial charge in [-0.1, -0.05) is 0 Å². The number of amides is 2. The third-order valence-corrected chi connectivity index (χ3v) is 2.58. The van der Waals surface area contributed by atoms with E-state index in [-0.39, 0.29) is 0 Å². The minimum absolute atomic E-state index is 0.665. The van der Waals surface area contributed by atoms with Gasteiger partial charge < -0.3 is 5.73 Å². The highest BCUT2D eigenvalue weighted by molar-refractivity contribution is 9.10. The Morgan fingerprint density at radius 2 is 2.58 bits per heavy atom. The topological polar surface area (TPSA) is 67.5 Å². The van der Waals surface area contributed by atoms with Crippen molar-refractivity contribution >= 4 is 39.5 Å². The number of primary amides is 1. The molecule has 1 heterocycles. The van der Waals surface area contributed by atoms with Crippen LogP contribution < -0.4 is 11.2 Å². The summed E-state index contributed by atoms with van der Waals surface area (Å²) >= 11 is 4.80. The van der Waals surface area contributed by atoms with Crippen molar-refractivity contribution in [1.82, 2.24) is 5.43 Å². The molecule has 0 aliphatic heterocycles. The first-order valence-corrected chi connectivity index (χ1v) is 4.68. The second-order valence-electron chi connectivity index (χ2n) is 1.90. The highest BCUT2D eigenvalue weighted by atomic mass is 79.9. The molecule has 0 spiro atoms. The molecule has 0 saturated heterocycles. The Morgan fingerprint density at radius 3 is 3.08 bits per heavy atom. The Labute approximate surface area is 81.6 Å². The van der Waals surface area contributed by atoms with Crippen LogP contribution in [0.3, 0.4) is 0 Å². The summed E-state index contributed by atoms with van der Waals surface area (Å²) in [6, 6.07) is 1.22. The number of carbonyl (C=O) groups is 1. The summed E-state index contributed by atoms with van der Waals surface area (Å²) in [5.74, 6) is 0. The molecule has 1 aromatic heterocycles. The predicted molar refractivity (Wildman–Crippen MR) is 52.3 cm³/mol. The SMILES string of the molecule is NC(=O)NN=Cc1cc(Br)cs1. The van der Waals surface area contributed by atoms with E-state index in [2.05, 4.69) is 26.5 Å². The molecular weight excluding hydrogens is 242 g/mol. The van der Waals surface area contributed by atoms with Crippen LogP contribution in [0.5, 0.6) is 0 Å². The summed E-state index contributed by atoms with van der Waals surface area (Å²) in [6.45, 7) is 0. The minimum atomic E-state index is -0.665. The molecule has 0 saturated carbocycles. The number of nitrogens with one attached hydrogen (secondary N) is 1. The molecule has 4 nitrogen and oxygen atoms in total. The van der Waals surface area contributed by atoms with Gasteiger partial charge in [0.05, 0.1) is 6.21 Å². The number of nitrogens with two attached hydrogens (primary N) is 1. The summed E-state index contributed by atoms with van der Waals surface area (Å²) in [7, 11) is 0.